The van der Waals surface area contributed by atoms with Gasteiger partial charge in [0.05, 0.1) is 6.61 Å². The molecule has 0 atom stereocenters. The molecule has 0 radical (unpaired) electrons. The number of ether oxygens (including phenoxy) is 1. The van der Waals surface area contributed by atoms with Crippen molar-refractivity contribution in [2.75, 3.05) is 6.61 Å². The summed E-state index contributed by atoms with van der Waals surface area (Å²) in [6, 6.07) is 0.430. The van der Waals surface area contributed by atoms with E-state index < -0.39 is 0 Å². The molecule has 3 heteroatoms. The molecule has 0 fully saturated rings. The Kier molecular flexibility index (Phi) is 1.79. The number of fused-ring (bicyclic) bond motifs is 1. The summed E-state index contributed by atoms with van der Waals surface area (Å²) in [7, 11) is 0. The van der Waals surface area contributed by atoms with Crippen molar-refractivity contribution in [3.8, 4) is 5.88 Å². The van der Waals surface area contributed by atoms with E-state index in [-0.39, 0.29) is 0 Å². The Morgan fingerprint density at radius 1 is 1.58 bits per heavy atom. The number of hydrogen-bond donors (Lipinski definition) is 0. The van der Waals surface area contributed by atoms with Crippen molar-refractivity contribution < 1.29 is 4.74 Å². The van der Waals surface area contributed by atoms with Crippen LogP contribution in [0.5, 0.6) is 5.88 Å². The van der Waals surface area contributed by atoms with Gasteiger partial charge in [-0.05, 0) is 26.7 Å². The average Bonchev–Trinajstić information content (AvgIpc) is 2.46. The van der Waals surface area contributed by atoms with Gasteiger partial charge in [-0.2, -0.15) is 0 Å². The highest BCUT2D eigenvalue weighted by Crippen LogP contribution is 2.23. The summed E-state index contributed by atoms with van der Waals surface area (Å²) in [5.74, 6) is 0.843. The zero-order chi connectivity index (χ0) is 8.55. The molecule has 1 aliphatic heterocycles. The smallest absolute Gasteiger partial charge is 0.235 e. The molecule has 3 nitrogen and oxygen atoms in total. The molecule has 0 saturated carbocycles. The quantitative estimate of drug-likeness (QED) is 0.636. The molecule has 0 aromatic carbocycles. The molecule has 1 aliphatic rings. The van der Waals surface area contributed by atoms with Gasteiger partial charge in [0, 0.05) is 17.8 Å². The van der Waals surface area contributed by atoms with Crippen molar-refractivity contribution in [2.24, 2.45) is 0 Å². The Labute approximate surface area is 72.3 Å². The van der Waals surface area contributed by atoms with E-state index >= 15 is 0 Å². The van der Waals surface area contributed by atoms with Crippen molar-refractivity contribution >= 4 is 0 Å². The average molecular weight is 166 g/mol. The van der Waals surface area contributed by atoms with Crippen LogP contribution in [0.25, 0.3) is 0 Å². The Morgan fingerprint density at radius 2 is 2.42 bits per heavy atom. The fraction of sp³-hybridized carbons (Fsp3) is 0.667. The maximum absolute atomic E-state index is 5.42. The van der Waals surface area contributed by atoms with Crippen LogP contribution in [0.3, 0.4) is 0 Å². The normalized spacial score (nSPS) is 15.9. The lowest BCUT2D eigenvalue weighted by atomic mass is 10.2. The van der Waals surface area contributed by atoms with Gasteiger partial charge in [0.25, 0.3) is 0 Å². The zero-order valence-corrected chi connectivity index (χ0v) is 7.58. The van der Waals surface area contributed by atoms with E-state index in [1.807, 2.05) is 4.68 Å². The fourth-order valence-corrected chi connectivity index (χ4v) is 1.40. The predicted octanol–water partition coefficient (Wildman–Crippen LogP) is 1.79. The minimum atomic E-state index is 0.430. The van der Waals surface area contributed by atoms with Gasteiger partial charge in [-0.3, -0.25) is 4.68 Å². The van der Waals surface area contributed by atoms with E-state index in [1.165, 1.54) is 5.56 Å². The highest BCUT2D eigenvalue weighted by Gasteiger charge is 2.15. The molecule has 0 amide bonds. The van der Waals surface area contributed by atoms with Crippen molar-refractivity contribution in [3.63, 3.8) is 0 Å². The molecular formula is C9H14N2O. The molecule has 0 bridgehead atoms. The predicted molar refractivity (Wildman–Crippen MR) is 46.4 cm³/mol. The highest BCUT2D eigenvalue weighted by atomic mass is 16.5. The molecule has 1 aromatic heterocycles. The minimum Gasteiger partial charge on any atom is -0.476 e. The summed E-state index contributed by atoms with van der Waals surface area (Å²) in [5, 5.41) is 4.34. The Hall–Kier alpha value is -0.990. The second kappa shape index (κ2) is 2.81. The SMILES string of the molecule is CC(C)n1cc2c(n1)OCCC2. The van der Waals surface area contributed by atoms with E-state index in [0.717, 1.165) is 25.3 Å². The third kappa shape index (κ3) is 1.19. The minimum absolute atomic E-state index is 0.430. The topological polar surface area (TPSA) is 27.1 Å². The summed E-state index contributed by atoms with van der Waals surface area (Å²) in [5.41, 5.74) is 1.26. The van der Waals surface area contributed by atoms with Crippen LogP contribution in [-0.4, -0.2) is 16.4 Å². The Bertz CT molecular complexity index is 255. The number of aryl methyl sites for hydroxylation is 1. The van der Waals surface area contributed by atoms with Crippen molar-refractivity contribution in [3.05, 3.63) is 11.8 Å². The summed E-state index contributed by atoms with van der Waals surface area (Å²) in [4.78, 5) is 0. The summed E-state index contributed by atoms with van der Waals surface area (Å²) >= 11 is 0. The molecular weight excluding hydrogens is 152 g/mol. The number of hydrogen-bond acceptors (Lipinski definition) is 2. The maximum Gasteiger partial charge on any atom is 0.235 e. The van der Waals surface area contributed by atoms with Gasteiger partial charge in [0.15, 0.2) is 0 Å². The first kappa shape index (κ1) is 7.65. The van der Waals surface area contributed by atoms with Crippen molar-refractivity contribution in [1.29, 1.82) is 0 Å². The molecule has 12 heavy (non-hydrogen) atoms. The lowest BCUT2D eigenvalue weighted by Crippen LogP contribution is -2.07. The lowest BCUT2D eigenvalue weighted by molar-refractivity contribution is 0.274. The van der Waals surface area contributed by atoms with Gasteiger partial charge in [-0.15, -0.1) is 5.10 Å². The second-order valence-corrected chi connectivity index (χ2v) is 3.49. The first-order valence-electron chi connectivity index (χ1n) is 4.48. The van der Waals surface area contributed by atoms with E-state index in [4.69, 9.17) is 4.74 Å². The van der Waals surface area contributed by atoms with E-state index in [2.05, 4.69) is 25.1 Å². The van der Waals surface area contributed by atoms with Gasteiger partial charge in [0.1, 0.15) is 0 Å². The van der Waals surface area contributed by atoms with E-state index in [9.17, 15) is 0 Å². The van der Waals surface area contributed by atoms with E-state index in [0.29, 0.717) is 6.04 Å². The molecule has 66 valence electrons. The summed E-state index contributed by atoms with van der Waals surface area (Å²) in [6.45, 7) is 5.07. The van der Waals surface area contributed by atoms with Crippen LogP contribution in [0.1, 0.15) is 31.9 Å². The third-order valence-corrected chi connectivity index (χ3v) is 2.13. The van der Waals surface area contributed by atoms with Gasteiger partial charge in [0.2, 0.25) is 5.88 Å². The standard InChI is InChI=1S/C9H14N2O/c1-7(2)11-6-8-4-3-5-12-9(8)10-11/h6-7H,3-5H2,1-2H3. The molecule has 0 unspecified atom stereocenters. The van der Waals surface area contributed by atoms with Crippen LogP contribution in [0.15, 0.2) is 6.20 Å². The monoisotopic (exact) mass is 166 g/mol. The number of aromatic nitrogens is 2. The molecule has 0 N–H and O–H groups in total. The zero-order valence-electron chi connectivity index (χ0n) is 7.58. The Morgan fingerprint density at radius 3 is 3.08 bits per heavy atom. The van der Waals surface area contributed by atoms with Gasteiger partial charge >= 0.3 is 0 Å². The first-order chi connectivity index (χ1) is 5.77. The molecule has 2 rings (SSSR count). The molecule has 1 aromatic rings. The largest absolute Gasteiger partial charge is 0.476 e. The maximum atomic E-state index is 5.42. The molecule has 2 heterocycles. The Balaban J connectivity index is 2.32. The van der Waals surface area contributed by atoms with Crippen LogP contribution in [0.4, 0.5) is 0 Å². The van der Waals surface area contributed by atoms with Gasteiger partial charge in [-0.1, -0.05) is 0 Å². The third-order valence-electron chi connectivity index (χ3n) is 2.13. The van der Waals surface area contributed by atoms with E-state index in [1.54, 1.807) is 0 Å². The van der Waals surface area contributed by atoms with Gasteiger partial charge in [-0.25, -0.2) is 0 Å². The number of rotatable bonds is 1. The van der Waals surface area contributed by atoms with Crippen molar-refractivity contribution in [2.45, 2.75) is 32.7 Å². The molecule has 0 aliphatic carbocycles. The molecule has 0 saturated heterocycles. The van der Waals surface area contributed by atoms with Gasteiger partial charge < -0.3 is 4.74 Å². The first-order valence-corrected chi connectivity index (χ1v) is 4.48. The summed E-state index contributed by atoms with van der Waals surface area (Å²) in [6.07, 6.45) is 4.33. The second-order valence-electron chi connectivity index (χ2n) is 3.49. The van der Waals surface area contributed by atoms with Crippen LogP contribution in [-0.2, 0) is 6.42 Å². The van der Waals surface area contributed by atoms with Crippen molar-refractivity contribution in [1.82, 2.24) is 9.78 Å². The fourth-order valence-electron chi connectivity index (χ4n) is 1.40. The number of nitrogens with zero attached hydrogens (tertiary/aromatic N) is 2. The summed E-state index contributed by atoms with van der Waals surface area (Å²) < 4.78 is 7.39. The van der Waals surface area contributed by atoms with Crippen LogP contribution in [0.2, 0.25) is 0 Å². The van der Waals surface area contributed by atoms with Crippen LogP contribution >= 0.6 is 0 Å². The van der Waals surface area contributed by atoms with Crippen LogP contribution < -0.4 is 4.74 Å². The van der Waals surface area contributed by atoms with Crippen LogP contribution in [0, 0.1) is 0 Å². The lowest BCUT2D eigenvalue weighted by Gasteiger charge is -2.09. The highest BCUT2D eigenvalue weighted by molar-refractivity contribution is 5.25. The molecule has 0 spiro atoms.